The predicted octanol–water partition coefficient (Wildman–Crippen LogP) is -1.87. The van der Waals surface area contributed by atoms with Crippen LogP contribution < -0.4 is 0 Å². The van der Waals surface area contributed by atoms with Crippen LogP contribution in [0.2, 0.25) is 0 Å². The van der Waals surface area contributed by atoms with Gasteiger partial charge in [-0.25, -0.2) is 4.79 Å². The lowest BCUT2D eigenvalue weighted by atomic mass is 9.83. The number of alkyl halides is 1. The first kappa shape index (κ1) is 25.9. The predicted molar refractivity (Wildman–Crippen MR) is 115 cm³/mol. The fourth-order valence-corrected chi connectivity index (χ4v) is 5.86. The first-order valence-electron chi connectivity index (χ1n) is 11.4. The molecule has 5 fully saturated rings. The zero-order chi connectivity index (χ0) is 25.9. The fraction of sp³-hybridized carbons (Fsp3) is 0.682. The van der Waals surface area contributed by atoms with Crippen LogP contribution in [0.1, 0.15) is 16.8 Å². The van der Waals surface area contributed by atoms with Crippen molar-refractivity contribution < 1.29 is 64.2 Å². The van der Waals surface area contributed by atoms with Crippen LogP contribution in [-0.2, 0) is 23.7 Å². The molecule has 0 amide bonds. The summed E-state index contributed by atoms with van der Waals surface area (Å²) in [5, 5.41) is 69.5. The van der Waals surface area contributed by atoms with Crippen molar-refractivity contribution >= 4 is 17.6 Å². The normalized spacial score (nSPS) is 45.9. The van der Waals surface area contributed by atoms with Gasteiger partial charge in [0, 0.05) is 18.3 Å². The van der Waals surface area contributed by atoms with Crippen LogP contribution in [0.15, 0.2) is 18.2 Å². The quantitative estimate of drug-likeness (QED) is 0.126. The molecule has 7 N–H and O–H groups in total. The molecule has 0 spiro atoms. The molecule has 4 heterocycles. The zero-order valence-corrected chi connectivity index (χ0v) is 19.4. The Balaban J connectivity index is 1.38. The van der Waals surface area contributed by atoms with Crippen molar-refractivity contribution in [3.05, 3.63) is 23.8 Å². The summed E-state index contributed by atoms with van der Waals surface area (Å²) in [6.45, 7) is -0.928. The Hall–Kier alpha value is -1.78. The molecule has 4 saturated heterocycles. The van der Waals surface area contributed by atoms with Gasteiger partial charge in [-0.15, -0.1) is 11.6 Å². The molecular weight excluding hydrogens is 508 g/mol. The van der Waals surface area contributed by atoms with Crippen molar-refractivity contribution in [1.29, 1.82) is 0 Å². The van der Waals surface area contributed by atoms with Crippen molar-refractivity contribution in [2.75, 3.05) is 13.2 Å². The van der Waals surface area contributed by atoms with E-state index in [1.54, 1.807) is 0 Å². The number of fused-ring (bicyclic) bond motifs is 2. The lowest BCUT2D eigenvalue weighted by molar-refractivity contribution is -0.370. The summed E-state index contributed by atoms with van der Waals surface area (Å²) >= 11 is 6.60. The van der Waals surface area contributed by atoms with Gasteiger partial charge in [0.05, 0.1) is 18.8 Å². The molecule has 5 aliphatic rings. The molecule has 6 rings (SSSR count). The number of aromatic hydroxyl groups is 2. The molecule has 12 unspecified atom stereocenters. The molecule has 4 bridgehead atoms. The van der Waals surface area contributed by atoms with E-state index >= 15 is 0 Å². The van der Waals surface area contributed by atoms with Crippen molar-refractivity contribution in [2.45, 2.75) is 66.8 Å². The molecule has 0 radical (unpaired) electrons. The summed E-state index contributed by atoms with van der Waals surface area (Å²) in [5.74, 6) is -3.31. The van der Waals surface area contributed by atoms with E-state index < -0.39 is 96.3 Å². The number of phenols is 2. The second-order valence-corrected chi connectivity index (χ2v) is 9.94. The highest BCUT2D eigenvalue weighted by atomic mass is 35.5. The molecule has 12 atom stereocenters. The SMILES string of the molecule is O=C(OC1C2CC3OCC(O)(C1Cl)C2C(OC1OC(CO)C(O)C(O)C1O)O3)c1ccc(O)c(O)c1. The summed E-state index contributed by atoms with van der Waals surface area (Å²) in [6.07, 6.45) is -10.8. The average molecular weight is 535 g/mol. The average Bonchev–Trinajstić information content (AvgIpc) is 2.97. The van der Waals surface area contributed by atoms with Gasteiger partial charge in [-0.1, -0.05) is 0 Å². The van der Waals surface area contributed by atoms with Gasteiger partial charge in [0.15, 0.2) is 30.4 Å². The zero-order valence-electron chi connectivity index (χ0n) is 18.7. The minimum Gasteiger partial charge on any atom is -0.504 e. The van der Waals surface area contributed by atoms with Crippen LogP contribution >= 0.6 is 11.6 Å². The Bertz CT molecular complexity index is 993. The topological polar surface area (TPSA) is 205 Å². The number of ether oxygens (including phenoxy) is 5. The van der Waals surface area contributed by atoms with Crippen LogP contribution in [0, 0.1) is 11.8 Å². The molecule has 1 aliphatic carbocycles. The van der Waals surface area contributed by atoms with Crippen molar-refractivity contribution in [2.24, 2.45) is 11.8 Å². The number of hydrogen-bond donors (Lipinski definition) is 7. The van der Waals surface area contributed by atoms with Crippen molar-refractivity contribution in [3.63, 3.8) is 0 Å². The van der Waals surface area contributed by atoms with Gasteiger partial charge in [0.1, 0.15) is 41.5 Å². The monoisotopic (exact) mass is 534 g/mol. The number of carbonyl (C=O) groups excluding carboxylic acids is 1. The third-order valence-electron chi connectivity index (χ3n) is 7.34. The van der Waals surface area contributed by atoms with E-state index in [1.165, 1.54) is 6.07 Å². The van der Waals surface area contributed by atoms with Crippen LogP contribution in [-0.4, -0.2) is 115 Å². The second kappa shape index (κ2) is 9.51. The Morgan fingerprint density at radius 3 is 2.53 bits per heavy atom. The van der Waals surface area contributed by atoms with E-state index in [2.05, 4.69) is 0 Å². The number of aliphatic hydroxyl groups is 5. The van der Waals surface area contributed by atoms with Gasteiger partial charge >= 0.3 is 5.97 Å². The van der Waals surface area contributed by atoms with Gasteiger partial charge in [-0.05, 0) is 18.2 Å². The maximum atomic E-state index is 12.8. The number of aliphatic hydroxyl groups excluding tert-OH is 4. The highest BCUT2D eigenvalue weighted by Crippen LogP contribution is 2.55. The molecule has 1 saturated carbocycles. The summed E-state index contributed by atoms with van der Waals surface area (Å²) in [7, 11) is 0. The molecule has 36 heavy (non-hydrogen) atoms. The van der Waals surface area contributed by atoms with Gasteiger partial charge in [-0.2, -0.15) is 0 Å². The fourth-order valence-electron chi connectivity index (χ4n) is 5.42. The molecule has 0 aromatic heterocycles. The first-order chi connectivity index (χ1) is 17.0. The minimum atomic E-state index is -1.79. The van der Waals surface area contributed by atoms with E-state index in [4.69, 9.17) is 35.3 Å². The largest absolute Gasteiger partial charge is 0.504 e. The number of carbonyl (C=O) groups is 1. The van der Waals surface area contributed by atoms with Gasteiger partial charge in [0.2, 0.25) is 0 Å². The Kier molecular flexibility index (Phi) is 6.83. The highest BCUT2D eigenvalue weighted by Gasteiger charge is 2.68. The summed E-state index contributed by atoms with van der Waals surface area (Å²) in [4.78, 5) is 12.8. The number of benzene rings is 1. The number of esters is 1. The number of hydrogen-bond acceptors (Lipinski definition) is 13. The Labute approximate surface area is 209 Å². The van der Waals surface area contributed by atoms with E-state index in [1.807, 2.05) is 0 Å². The van der Waals surface area contributed by atoms with Crippen LogP contribution in [0.5, 0.6) is 11.5 Å². The standard InChI is InChI=1S/C22H27ClO13/c23-18-17(35-19(30)7-1-2-9(25)10(26)3-7)8-4-12-32-6-22(18,31)13(8)20(34-12)36-21-16(29)15(28)14(27)11(5-24)33-21/h1-3,8,11-18,20-21,24-29,31H,4-6H2. The summed E-state index contributed by atoms with van der Waals surface area (Å²) in [5.41, 5.74) is -1.84. The molecule has 13 nitrogen and oxygen atoms in total. The Morgan fingerprint density at radius 1 is 1.08 bits per heavy atom. The maximum Gasteiger partial charge on any atom is 0.338 e. The number of phenolic OH excluding ortho intramolecular Hbond substituents is 2. The molecule has 4 aliphatic heterocycles. The summed E-state index contributed by atoms with van der Waals surface area (Å²) in [6, 6.07) is 3.42. The van der Waals surface area contributed by atoms with Crippen molar-refractivity contribution in [3.8, 4) is 11.5 Å². The molecule has 14 heteroatoms. The summed E-state index contributed by atoms with van der Waals surface area (Å²) < 4.78 is 28.3. The van der Waals surface area contributed by atoms with E-state index in [9.17, 15) is 40.5 Å². The van der Waals surface area contributed by atoms with Crippen LogP contribution in [0.25, 0.3) is 0 Å². The molecule has 1 aromatic rings. The van der Waals surface area contributed by atoms with Gasteiger partial charge in [0.25, 0.3) is 0 Å². The van der Waals surface area contributed by atoms with Gasteiger partial charge < -0.3 is 59.4 Å². The minimum absolute atomic E-state index is 0.0489. The smallest absolute Gasteiger partial charge is 0.338 e. The van der Waals surface area contributed by atoms with Crippen LogP contribution in [0.3, 0.4) is 0 Å². The van der Waals surface area contributed by atoms with Crippen LogP contribution in [0.4, 0.5) is 0 Å². The first-order valence-corrected chi connectivity index (χ1v) is 11.8. The Morgan fingerprint density at radius 2 is 1.83 bits per heavy atom. The third kappa shape index (κ3) is 4.13. The lowest BCUT2D eigenvalue weighted by Gasteiger charge is -2.44. The lowest BCUT2D eigenvalue weighted by Crippen LogP contribution is -2.61. The number of halogens is 1. The van der Waals surface area contributed by atoms with Crippen molar-refractivity contribution in [1.82, 2.24) is 0 Å². The second-order valence-electron chi connectivity index (χ2n) is 9.47. The number of rotatable bonds is 5. The molecular formula is C22H27ClO13. The van der Waals surface area contributed by atoms with Gasteiger partial charge in [-0.3, -0.25) is 0 Å². The van der Waals surface area contributed by atoms with E-state index in [0.29, 0.717) is 0 Å². The highest BCUT2D eigenvalue weighted by molar-refractivity contribution is 6.22. The van der Waals surface area contributed by atoms with E-state index in [-0.39, 0.29) is 18.6 Å². The van der Waals surface area contributed by atoms with E-state index in [0.717, 1.165) is 12.1 Å². The molecule has 200 valence electrons. The third-order valence-corrected chi connectivity index (χ3v) is 7.97. The maximum absolute atomic E-state index is 12.8. The molecule has 1 aromatic carbocycles.